The zero-order chi connectivity index (χ0) is 36.3. The van der Waals surface area contributed by atoms with Gasteiger partial charge in [0.05, 0.1) is 24.7 Å². The van der Waals surface area contributed by atoms with Gasteiger partial charge in [0.1, 0.15) is 17.2 Å². The van der Waals surface area contributed by atoms with Gasteiger partial charge in [0.2, 0.25) is 10.0 Å². The molecule has 4 aromatic rings. The molecule has 5 N–H and O–H groups in total. The molecule has 0 saturated carbocycles. The molecule has 270 valence electrons. The molecule has 0 spiro atoms. The zero-order valence-corrected chi connectivity index (χ0v) is 30.7. The molecule has 2 atom stereocenters. The number of benzene rings is 4. The molecule has 50 heavy (non-hydrogen) atoms. The van der Waals surface area contributed by atoms with E-state index < -0.39 is 16.1 Å². The van der Waals surface area contributed by atoms with Crippen LogP contribution in [0.25, 0.3) is 0 Å². The van der Waals surface area contributed by atoms with Gasteiger partial charge in [-0.2, -0.15) is 0 Å². The lowest BCUT2D eigenvalue weighted by Crippen LogP contribution is -2.38. The number of ether oxygens (including phenoxy) is 1. The van der Waals surface area contributed by atoms with Crippen molar-refractivity contribution in [3.8, 4) is 17.2 Å². The fraction of sp³-hybridized carbons (Fsp3) is 0.400. The molecule has 0 heterocycles. The number of hydrogen-bond acceptors (Lipinski definition) is 8. The number of rotatable bonds is 19. The summed E-state index contributed by atoms with van der Waals surface area (Å²) in [5.74, 6) is 0.951. The Balaban J connectivity index is 1.31. The average molecular weight is 704 g/mol. The van der Waals surface area contributed by atoms with E-state index in [1.807, 2.05) is 36.4 Å². The van der Waals surface area contributed by atoms with Crippen molar-refractivity contribution >= 4 is 15.7 Å². The summed E-state index contributed by atoms with van der Waals surface area (Å²) < 4.78 is 31.6. The van der Waals surface area contributed by atoms with E-state index in [2.05, 4.69) is 73.0 Å². The Morgan fingerprint density at radius 3 is 2.18 bits per heavy atom. The van der Waals surface area contributed by atoms with E-state index in [1.54, 1.807) is 12.1 Å². The largest absolute Gasteiger partial charge is 0.508 e. The third kappa shape index (κ3) is 11.8. The van der Waals surface area contributed by atoms with E-state index in [-0.39, 0.29) is 23.9 Å². The maximum absolute atomic E-state index is 11.6. The second-order valence-electron chi connectivity index (χ2n) is 13.4. The predicted molar refractivity (Wildman–Crippen MR) is 202 cm³/mol. The molecule has 0 aromatic heterocycles. The Bertz CT molecular complexity index is 1760. The summed E-state index contributed by atoms with van der Waals surface area (Å²) >= 11 is 0. The summed E-state index contributed by atoms with van der Waals surface area (Å²) in [6.45, 7) is 11.2. The van der Waals surface area contributed by atoms with Crippen molar-refractivity contribution in [3.63, 3.8) is 0 Å². The highest BCUT2D eigenvalue weighted by Gasteiger charge is 2.22. The number of hydrogen-bond donors (Lipinski definition) is 5. The van der Waals surface area contributed by atoms with Crippen LogP contribution in [0.5, 0.6) is 17.2 Å². The minimum atomic E-state index is -3.57. The Morgan fingerprint density at radius 1 is 0.780 bits per heavy atom. The van der Waals surface area contributed by atoms with E-state index in [1.165, 1.54) is 17.7 Å². The number of sulfonamides is 1. The highest BCUT2D eigenvalue weighted by Crippen LogP contribution is 2.35. The van der Waals surface area contributed by atoms with Gasteiger partial charge in [-0.1, -0.05) is 60.7 Å². The zero-order valence-electron chi connectivity index (χ0n) is 29.8. The molecule has 0 fully saturated rings. The van der Waals surface area contributed by atoms with E-state index in [4.69, 9.17) is 4.74 Å². The second-order valence-corrected chi connectivity index (χ2v) is 15.2. The third-order valence-electron chi connectivity index (χ3n) is 8.86. The van der Waals surface area contributed by atoms with Crippen molar-refractivity contribution in [1.82, 2.24) is 10.2 Å². The van der Waals surface area contributed by atoms with Crippen LogP contribution in [0.2, 0.25) is 0 Å². The molecule has 0 aliphatic heterocycles. The highest BCUT2D eigenvalue weighted by atomic mass is 32.2. The van der Waals surface area contributed by atoms with Crippen molar-refractivity contribution in [3.05, 3.63) is 119 Å². The summed E-state index contributed by atoms with van der Waals surface area (Å²) in [6.07, 6.45) is 2.42. The Morgan fingerprint density at radius 2 is 1.48 bits per heavy atom. The Labute approximate surface area is 298 Å². The minimum absolute atomic E-state index is 0.0263. The first-order valence-electron chi connectivity index (χ1n) is 17.3. The third-order valence-corrected chi connectivity index (χ3v) is 9.45. The standard InChI is InChI=1S/C40H53N3O6S/c1-28(2)43(29(3)4)22-19-35(32-11-7-6-8-12-32)36-25-31(14-16-38(36)44)20-23-49-34-13-9-10-30(24-34)18-21-41-27-40(46)33-15-17-39(45)37(26-33)42-50(5,47)48/h6-17,24-26,28-29,35,40-42,44-46H,18-23,27H2,1-5H3/t35-,40+/m1/s1. The summed E-state index contributed by atoms with van der Waals surface area (Å²) in [7, 11) is -3.57. The topological polar surface area (TPSA) is 131 Å². The fourth-order valence-electron chi connectivity index (χ4n) is 6.33. The molecule has 0 aliphatic rings. The number of aromatic hydroxyl groups is 2. The smallest absolute Gasteiger partial charge is 0.229 e. The van der Waals surface area contributed by atoms with E-state index in [9.17, 15) is 23.7 Å². The van der Waals surface area contributed by atoms with Gasteiger partial charge in [0, 0.05) is 36.5 Å². The lowest BCUT2D eigenvalue weighted by molar-refractivity contribution is 0.170. The van der Waals surface area contributed by atoms with Crippen LogP contribution in [-0.4, -0.2) is 73.2 Å². The molecule has 4 aromatic carbocycles. The molecule has 0 unspecified atom stereocenters. The molecule has 0 saturated heterocycles. The first kappa shape index (κ1) is 38.7. The van der Waals surface area contributed by atoms with Crippen LogP contribution in [0.4, 0.5) is 5.69 Å². The maximum atomic E-state index is 11.6. The molecular formula is C40H53N3O6S. The minimum Gasteiger partial charge on any atom is -0.508 e. The summed E-state index contributed by atoms with van der Waals surface area (Å²) in [5.41, 5.74) is 4.84. The maximum Gasteiger partial charge on any atom is 0.229 e. The number of aliphatic hydroxyl groups excluding tert-OH is 1. The van der Waals surface area contributed by atoms with Crippen molar-refractivity contribution in [2.24, 2.45) is 0 Å². The summed E-state index contributed by atoms with van der Waals surface area (Å²) in [4.78, 5) is 2.49. The van der Waals surface area contributed by atoms with E-state index in [0.29, 0.717) is 49.4 Å². The molecule has 0 amide bonds. The summed E-state index contributed by atoms with van der Waals surface area (Å²) in [5, 5.41) is 34.8. The van der Waals surface area contributed by atoms with Crippen LogP contribution in [-0.2, 0) is 22.9 Å². The van der Waals surface area contributed by atoms with Gasteiger partial charge in [-0.25, -0.2) is 8.42 Å². The summed E-state index contributed by atoms with van der Waals surface area (Å²) in [6, 6.07) is 29.5. The van der Waals surface area contributed by atoms with Crippen LogP contribution < -0.4 is 14.8 Å². The molecular weight excluding hydrogens is 651 g/mol. The first-order chi connectivity index (χ1) is 23.8. The second kappa shape index (κ2) is 18.2. The number of phenolic OH excluding ortho intramolecular Hbond substituents is 2. The lowest BCUT2D eigenvalue weighted by atomic mass is 9.86. The highest BCUT2D eigenvalue weighted by molar-refractivity contribution is 7.92. The molecule has 4 rings (SSSR count). The van der Waals surface area contributed by atoms with Crippen molar-refractivity contribution < 1.29 is 28.5 Å². The number of nitrogens with zero attached hydrogens (tertiary/aromatic N) is 1. The van der Waals surface area contributed by atoms with E-state index >= 15 is 0 Å². The van der Waals surface area contributed by atoms with Gasteiger partial charge in [0.25, 0.3) is 0 Å². The molecule has 0 radical (unpaired) electrons. The average Bonchev–Trinajstić information content (AvgIpc) is 3.06. The monoisotopic (exact) mass is 703 g/mol. The Hall–Kier alpha value is -4.09. The van der Waals surface area contributed by atoms with Gasteiger partial charge >= 0.3 is 0 Å². The number of nitrogens with one attached hydrogen (secondary N) is 2. The van der Waals surface area contributed by atoms with Gasteiger partial charge in [0.15, 0.2) is 0 Å². The number of aliphatic hydroxyl groups is 1. The lowest BCUT2D eigenvalue weighted by Gasteiger charge is -2.32. The molecule has 10 heteroatoms. The van der Waals surface area contributed by atoms with Gasteiger partial charge in [-0.05, 0) is 106 Å². The van der Waals surface area contributed by atoms with Crippen LogP contribution in [0.15, 0.2) is 91.0 Å². The molecule has 0 bridgehead atoms. The van der Waals surface area contributed by atoms with Gasteiger partial charge < -0.3 is 25.4 Å². The van der Waals surface area contributed by atoms with E-state index in [0.717, 1.165) is 41.7 Å². The predicted octanol–water partition coefficient (Wildman–Crippen LogP) is 6.60. The van der Waals surface area contributed by atoms with Crippen LogP contribution in [0.1, 0.15) is 74.0 Å². The van der Waals surface area contributed by atoms with Crippen LogP contribution >= 0.6 is 0 Å². The quantitative estimate of drug-likeness (QED) is 0.0546. The number of anilines is 1. The van der Waals surface area contributed by atoms with Crippen LogP contribution in [0, 0.1) is 0 Å². The van der Waals surface area contributed by atoms with Gasteiger partial charge in [-0.3, -0.25) is 9.62 Å². The van der Waals surface area contributed by atoms with Crippen molar-refractivity contribution in [2.75, 3.05) is 37.2 Å². The fourth-order valence-corrected chi connectivity index (χ4v) is 6.89. The number of phenols is 2. The Kier molecular flexibility index (Phi) is 14.1. The van der Waals surface area contributed by atoms with Gasteiger partial charge in [-0.15, -0.1) is 0 Å². The van der Waals surface area contributed by atoms with Crippen molar-refractivity contribution in [2.45, 2.75) is 71.1 Å². The first-order valence-corrected chi connectivity index (χ1v) is 19.2. The molecule has 9 nitrogen and oxygen atoms in total. The van der Waals surface area contributed by atoms with Crippen molar-refractivity contribution in [1.29, 1.82) is 0 Å². The molecule has 0 aliphatic carbocycles. The SMILES string of the molecule is CC(C)N(CC[C@H](c1ccccc1)c1cc(CCOc2cccc(CCNC[C@H](O)c3ccc(O)c(NS(C)(=O)=O)c3)c2)ccc1O)C(C)C. The van der Waals surface area contributed by atoms with Crippen LogP contribution in [0.3, 0.4) is 0 Å². The normalized spacial score (nSPS) is 13.1.